The minimum absolute atomic E-state index is 0.00856. The molecule has 1 amide bonds. The zero-order valence-electron chi connectivity index (χ0n) is 12.1. The molecule has 0 spiro atoms. The molecule has 0 bridgehead atoms. The lowest BCUT2D eigenvalue weighted by molar-refractivity contribution is 0.0829. The number of hydrogen-bond donors (Lipinski definition) is 1. The van der Waals surface area contributed by atoms with Gasteiger partial charge >= 0.3 is 0 Å². The third kappa shape index (κ3) is 3.55. The van der Waals surface area contributed by atoms with E-state index in [0.717, 1.165) is 6.42 Å². The van der Waals surface area contributed by atoms with Crippen LogP contribution >= 0.6 is 0 Å². The second-order valence-electron chi connectivity index (χ2n) is 6.58. The lowest BCUT2D eigenvalue weighted by Gasteiger charge is -2.40. The molecule has 0 unspecified atom stereocenters. The summed E-state index contributed by atoms with van der Waals surface area (Å²) in [5, 5.41) is 3.21. The van der Waals surface area contributed by atoms with Crippen LogP contribution in [0.15, 0.2) is 24.5 Å². The monoisotopic (exact) mass is 260 g/mol. The summed E-state index contributed by atoms with van der Waals surface area (Å²) in [6, 6.07) is 3.91. The fourth-order valence-electron chi connectivity index (χ4n) is 3.09. The van der Waals surface area contributed by atoms with E-state index in [9.17, 15) is 4.79 Å². The first-order valence-electron chi connectivity index (χ1n) is 7.19. The van der Waals surface area contributed by atoms with E-state index >= 15 is 0 Å². The van der Waals surface area contributed by atoms with Crippen molar-refractivity contribution in [3.05, 3.63) is 30.1 Å². The zero-order valence-corrected chi connectivity index (χ0v) is 12.1. The summed E-state index contributed by atoms with van der Waals surface area (Å²) in [4.78, 5) is 16.2. The van der Waals surface area contributed by atoms with Crippen molar-refractivity contribution in [2.45, 2.75) is 52.5 Å². The molecule has 1 N–H and O–H groups in total. The molecule has 1 aromatic rings. The second kappa shape index (κ2) is 5.72. The van der Waals surface area contributed by atoms with Crippen LogP contribution in [0.5, 0.6) is 0 Å². The van der Waals surface area contributed by atoms with E-state index in [1.807, 2.05) is 6.07 Å². The number of aromatic nitrogens is 1. The molecule has 1 fully saturated rings. The van der Waals surface area contributed by atoms with Crippen molar-refractivity contribution >= 4 is 5.91 Å². The van der Waals surface area contributed by atoms with Gasteiger partial charge in [-0.3, -0.25) is 9.78 Å². The van der Waals surface area contributed by atoms with Gasteiger partial charge in [0.05, 0.1) is 5.56 Å². The summed E-state index contributed by atoms with van der Waals surface area (Å²) >= 11 is 0. The summed E-state index contributed by atoms with van der Waals surface area (Å²) in [5.74, 6) is 0.566. The summed E-state index contributed by atoms with van der Waals surface area (Å²) in [7, 11) is 0. The number of carbonyl (C=O) groups excluding carboxylic acids is 1. The molecule has 0 saturated heterocycles. The van der Waals surface area contributed by atoms with Crippen molar-refractivity contribution in [2.24, 2.45) is 11.3 Å². The number of rotatable bonds is 2. The van der Waals surface area contributed by atoms with Gasteiger partial charge in [-0.1, -0.05) is 33.6 Å². The van der Waals surface area contributed by atoms with E-state index in [1.165, 1.54) is 19.3 Å². The predicted octanol–water partition coefficient (Wildman–Crippen LogP) is 3.42. The molecule has 1 aromatic heterocycles. The highest BCUT2D eigenvalue weighted by molar-refractivity contribution is 5.94. The molecule has 1 heterocycles. The number of nitrogens with one attached hydrogen (secondary N) is 1. The Labute approximate surface area is 115 Å². The van der Waals surface area contributed by atoms with Crippen LogP contribution in [0.2, 0.25) is 0 Å². The Morgan fingerprint density at radius 1 is 1.32 bits per heavy atom. The third-order valence-corrected chi connectivity index (χ3v) is 4.12. The van der Waals surface area contributed by atoms with Crippen LogP contribution in [0.25, 0.3) is 0 Å². The van der Waals surface area contributed by atoms with Crippen molar-refractivity contribution < 1.29 is 4.79 Å². The highest BCUT2D eigenvalue weighted by atomic mass is 16.1. The molecule has 3 heteroatoms. The number of pyridine rings is 1. The van der Waals surface area contributed by atoms with Crippen LogP contribution in [0.4, 0.5) is 0 Å². The Hall–Kier alpha value is -1.38. The molecular formula is C16H24N2O. The Morgan fingerprint density at radius 3 is 2.68 bits per heavy atom. The molecule has 104 valence electrons. The summed E-state index contributed by atoms with van der Waals surface area (Å²) in [6.45, 7) is 6.81. The van der Waals surface area contributed by atoms with Crippen LogP contribution in [-0.4, -0.2) is 16.9 Å². The van der Waals surface area contributed by atoms with Gasteiger partial charge in [-0.25, -0.2) is 0 Å². The smallest absolute Gasteiger partial charge is 0.253 e. The van der Waals surface area contributed by atoms with Crippen molar-refractivity contribution in [2.75, 3.05) is 0 Å². The molecule has 0 aliphatic heterocycles. The molecule has 19 heavy (non-hydrogen) atoms. The molecule has 2 rings (SSSR count). The summed E-state index contributed by atoms with van der Waals surface area (Å²) in [5.41, 5.74) is 0.897. The van der Waals surface area contributed by atoms with Crippen molar-refractivity contribution in [3.8, 4) is 0 Å². The van der Waals surface area contributed by atoms with E-state index in [4.69, 9.17) is 0 Å². The van der Waals surface area contributed by atoms with Gasteiger partial charge in [0, 0.05) is 18.4 Å². The van der Waals surface area contributed by atoms with E-state index in [2.05, 4.69) is 31.1 Å². The first-order chi connectivity index (χ1) is 8.98. The third-order valence-electron chi connectivity index (χ3n) is 4.12. The highest BCUT2D eigenvalue weighted by Gasteiger charge is 2.34. The van der Waals surface area contributed by atoms with Crippen LogP contribution in [0.1, 0.15) is 56.8 Å². The number of hydrogen-bond acceptors (Lipinski definition) is 2. The first-order valence-corrected chi connectivity index (χ1v) is 7.19. The van der Waals surface area contributed by atoms with Crippen LogP contribution < -0.4 is 5.32 Å². The van der Waals surface area contributed by atoms with Crippen LogP contribution in [0, 0.1) is 11.3 Å². The normalized spacial score (nSPS) is 23.9. The average molecular weight is 260 g/mol. The summed E-state index contributed by atoms with van der Waals surface area (Å²) in [6.07, 6.45) is 8.11. The zero-order chi connectivity index (χ0) is 13.9. The minimum atomic E-state index is 0.00856. The van der Waals surface area contributed by atoms with Crippen LogP contribution in [-0.2, 0) is 0 Å². The van der Waals surface area contributed by atoms with Crippen molar-refractivity contribution in [3.63, 3.8) is 0 Å². The molecule has 1 aliphatic rings. The lowest BCUT2D eigenvalue weighted by atomic mass is 9.69. The second-order valence-corrected chi connectivity index (χ2v) is 6.58. The van der Waals surface area contributed by atoms with Gasteiger partial charge in [-0.15, -0.1) is 0 Å². The van der Waals surface area contributed by atoms with Gasteiger partial charge in [-0.2, -0.15) is 0 Å². The van der Waals surface area contributed by atoms with Gasteiger partial charge in [0.1, 0.15) is 0 Å². The van der Waals surface area contributed by atoms with E-state index < -0.39 is 0 Å². The molecule has 0 radical (unpaired) electrons. The van der Waals surface area contributed by atoms with Gasteiger partial charge < -0.3 is 5.32 Å². The predicted molar refractivity (Wildman–Crippen MR) is 76.9 cm³/mol. The largest absolute Gasteiger partial charge is 0.349 e. The maximum absolute atomic E-state index is 12.2. The SMILES string of the molecule is CC(C)(C)[C@H]1CCCC[C@@H]1NC(=O)c1cccnc1. The fourth-order valence-corrected chi connectivity index (χ4v) is 3.09. The van der Waals surface area contributed by atoms with Crippen LogP contribution in [0.3, 0.4) is 0 Å². The fraction of sp³-hybridized carbons (Fsp3) is 0.625. The van der Waals surface area contributed by atoms with Gasteiger partial charge in [-0.05, 0) is 36.3 Å². The highest BCUT2D eigenvalue weighted by Crippen LogP contribution is 2.38. The van der Waals surface area contributed by atoms with E-state index in [1.54, 1.807) is 18.5 Å². The maximum Gasteiger partial charge on any atom is 0.253 e. The maximum atomic E-state index is 12.2. The van der Waals surface area contributed by atoms with E-state index in [0.29, 0.717) is 17.5 Å². The Kier molecular flexibility index (Phi) is 4.23. The van der Waals surface area contributed by atoms with Gasteiger partial charge in [0.15, 0.2) is 0 Å². The molecule has 3 nitrogen and oxygen atoms in total. The first kappa shape index (κ1) is 14.0. The van der Waals surface area contributed by atoms with E-state index in [-0.39, 0.29) is 11.3 Å². The Balaban J connectivity index is 2.06. The lowest BCUT2D eigenvalue weighted by Crippen LogP contribution is -2.46. The molecular weight excluding hydrogens is 236 g/mol. The standard InChI is InChI=1S/C16H24N2O/c1-16(2,3)13-8-4-5-9-14(13)18-15(19)12-7-6-10-17-11-12/h6-7,10-11,13-14H,4-5,8-9H2,1-3H3,(H,18,19)/t13-,14-/m0/s1. The number of carbonyl (C=O) groups is 1. The van der Waals surface area contributed by atoms with Gasteiger partial charge in [0.25, 0.3) is 5.91 Å². The van der Waals surface area contributed by atoms with Crippen molar-refractivity contribution in [1.29, 1.82) is 0 Å². The number of amides is 1. The topological polar surface area (TPSA) is 42.0 Å². The quantitative estimate of drug-likeness (QED) is 0.885. The molecule has 1 saturated carbocycles. The molecule has 1 aliphatic carbocycles. The molecule has 0 aromatic carbocycles. The minimum Gasteiger partial charge on any atom is -0.349 e. The average Bonchev–Trinajstić information content (AvgIpc) is 2.39. The Morgan fingerprint density at radius 2 is 2.05 bits per heavy atom. The van der Waals surface area contributed by atoms with Gasteiger partial charge in [0.2, 0.25) is 0 Å². The molecule has 2 atom stereocenters. The Bertz CT molecular complexity index is 422. The number of nitrogens with zero attached hydrogens (tertiary/aromatic N) is 1. The summed E-state index contributed by atoms with van der Waals surface area (Å²) < 4.78 is 0. The van der Waals surface area contributed by atoms with Crippen molar-refractivity contribution in [1.82, 2.24) is 10.3 Å².